The van der Waals surface area contributed by atoms with Crippen LogP contribution in [-0.2, 0) is 4.79 Å². The molecule has 0 saturated carbocycles. The molecule has 24 heavy (non-hydrogen) atoms. The molecule has 2 aliphatic heterocycles. The third-order valence-corrected chi connectivity index (χ3v) is 5.03. The number of nitrogens with zero attached hydrogens (tertiary/aromatic N) is 5. The topological polar surface area (TPSA) is 61.8 Å². The Hall–Kier alpha value is -1.89. The number of rotatable bonds is 4. The summed E-state index contributed by atoms with van der Waals surface area (Å²) < 4.78 is 5.16. The maximum absolute atomic E-state index is 12.4. The largest absolute Gasteiger partial charge is 0.481 e. The lowest BCUT2D eigenvalue weighted by Gasteiger charge is -2.37. The van der Waals surface area contributed by atoms with E-state index in [4.69, 9.17) is 4.74 Å². The van der Waals surface area contributed by atoms with Crippen molar-refractivity contribution in [2.45, 2.75) is 19.8 Å². The van der Waals surface area contributed by atoms with E-state index in [1.165, 1.54) is 6.33 Å². The Balaban J connectivity index is 1.47. The van der Waals surface area contributed by atoms with E-state index < -0.39 is 0 Å². The number of hydrogen-bond donors (Lipinski definition) is 0. The second-order valence-corrected chi connectivity index (χ2v) is 6.75. The van der Waals surface area contributed by atoms with Crippen molar-refractivity contribution < 1.29 is 9.53 Å². The lowest BCUT2D eigenvalue weighted by molar-refractivity contribution is -0.133. The van der Waals surface area contributed by atoms with Crippen LogP contribution in [0.2, 0.25) is 0 Å². The summed E-state index contributed by atoms with van der Waals surface area (Å²) in [4.78, 5) is 27.3. The van der Waals surface area contributed by atoms with Crippen LogP contribution in [-0.4, -0.2) is 78.6 Å². The van der Waals surface area contributed by atoms with Crippen LogP contribution >= 0.6 is 0 Å². The molecule has 132 valence electrons. The van der Waals surface area contributed by atoms with E-state index in [1.54, 1.807) is 7.11 Å². The number of anilines is 1. The predicted molar refractivity (Wildman–Crippen MR) is 92.2 cm³/mol. The van der Waals surface area contributed by atoms with Crippen molar-refractivity contribution in [2.24, 2.45) is 5.92 Å². The summed E-state index contributed by atoms with van der Waals surface area (Å²) in [5.41, 5.74) is 0. The molecule has 7 nitrogen and oxygen atoms in total. The summed E-state index contributed by atoms with van der Waals surface area (Å²) in [5.74, 6) is 2.50. The number of methoxy groups -OCH3 is 1. The average Bonchev–Trinajstić information content (AvgIpc) is 2.63. The van der Waals surface area contributed by atoms with Gasteiger partial charge in [-0.15, -0.1) is 0 Å². The minimum absolute atomic E-state index is 0.277. The number of piperazine rings is 1. The second kappa shape index (κ2) is 7.79. The van der Waals surface area contributed by atoms with Gasteiger partial charge in [0.05, 0.1) is 13.7 Å². The average molecular weight is 333 g/mol. The summed E-state index contributed by atoms with van der Waals surface area (Å²) in [7, 11) is 1.61. The number of carbonyl (C=O) groups excluding carboxylic acids is 1. The molecule has 1 aromatic rings. The van der Waals surface area contributed by atoms with Crippen molar-refractivity contribution in [1.82, 2.24) is 19.8 Å². The molecule has 7 heteroatoms. The number of amides is 1. The number of piperidine rings is 1. The number of aromatic nitrogens is 2. The molecule has 0 unspecified atom stereocenters. The van der Waals surface area contributed by atoms with Crippen LogP contribution < -0.4 is 9.64 Å². The lowest BCUT2D eigenvalue weighted by atomic mass is 9.99. The number of likely N-dealkylation sites (tertiary alicyclic amines) is 1. The van der Waals surface area contributed by atoms with Gasteiger partial charge in [-0.1, -0.05) is 6.92 Å². The monoisotopic (exact) mass is 333 g/mol. The summed E-state index contributed by atoms with van der Waals surface area (Å²) in [6, 6.07) is 1.86. The molecule has 2 saturated heterocycles. The molecule has 0 radical (unpaired) electrons. The Morgan fingerprint density at radius 2 is 1.88 bits per heavy atom. The fourth-order valence-corrected chi connectivity index (χ4v) is 3.30. The maximum Gasteiger partial charge on any atom is 0.236 e. The summed E-state index contributed by atoms with van der Waals surface area (Å²) in [5, 5.41) is 0. The standard InChI is InChI=1S/C17H27N5O2/c1-14-3-5-22(6-4-14)17(23)12-20-7-9-21(10-8-20)15-11-16(24-2)19-13-18-15/h11,13-14H,3-10,12H2,1-2H3. The van der Waals surface area contributed by atoms with Gasteiger partial charge in [0.15, 0.2) is 0 Å². The smallest absolute Gasteiger partial charge is 0.236 e. The number of carbonyl (C=O) groups is 1. The molecule has 3 heterocycles. The Labute approximate surface area is 143 Å². The van der Waals surface area contributed by atoms with Gasteiger partial charge in [0.1, 0.15) is 12.1 Å². The van der Waals surface area contributed by atoms with Gasteiger partial charge in [-0.3, -0.25) is 9.69 Å². The van der Waals surface area contributed by atoms with Crippen LogP contribution in [0.3, 0.4) is 0 Å². The predicted octanol–water partition coefficient (Wildman–Crippen LogP) is 0.866. The first-order valence-corrected chi connectivity index (χ1v) is 8.77. The van der Waals surface area contributed by atoms with Gasteiger partial charge in [0.25, 0.3) is 0 Å². The third-order valence-electron chi connectivity index (χ3n) is 5.03. The molecule has 0 bridgehead atoms. The fraction of sp³-hybridized carbons (Fsp3) is 0.706. The van der Waals surface area contributed by atoms with E-state index in [9.17, 15) is 4.79 Å². The Morgan fingerprint density at radius 1 is 1.17 bits per heavy atom. The molecule has 0 atom stereocenters. The molecule has 0 N–H and O–H groups in total. The van der Waals surface area contributed by atoms with Crippen molar-refractivity contribution in [1.29, 1.82) is 0 Å². The zero-order valence-electron chi connectivity index (χ0n) is 14.6. The van der Waals surface area contributed by atoms with E-state index in [0.717, 1.165) is 63.8 Å². The van der Waals surface area contributed by atoms with Crippen LogP contribution in [0.4, 0.5) is 5.82 Å². The van der Waals surface area contributed by atoms with Crippen LogP contribution in [0, 0.1) is 5.92 Å². The van der Waals surface area contributed by atoms with E-state index >= 15 is 0 Å². The molecule has 0 spiro atoms. The maximum atomic E-state index is 12.4. The van der Waals surface area contributed by atoms with Gasteiger partial charge in [-0.05, 0) is 18.8 Å². The minimum atomic E-state index is 0.277. The van der Waals surface area contributed by atoms with E-state index in [-0.39, 0.29) is 5.91 Å². The van der Waals surface area contributed by atoms with Gasteiger partial charge in [0, 0.05) is 45.3 Å². The van der Waals surface area contributed by atoms with Crippen LogP contribution in [0.1, 0.15) is 19.8 Å². The van der Waals surface area contributed by atoms with Crippen molar-refractivity contribution >= 4 is 11.7 Å². The minimum Gasteiger partial charge on any atom is -0.481 e. The first-order chi connectivity index (χ1) is 11.7. The molecule has 2 fully saturated rings. The zero-order valence-corrected chi connectivity index (χ0v) is 14.6. The molecular weight excluding hydrogens is 306 g/mol. The van der Waals surface area contributed by atoms with Crippen LogP contribution in [0.5, 0.6) is 5.88 Å². The first-order valence-electron chi connectivity index (χ1n) is 8.77. The zero-order chi connectivity index (χ0) is 16.9. The highest BCUT2D eigenvalue weighted by Gasteiger charge is 2.24. The summed E-state index contributed by atoms with van der Waals surface area (Å²) in [6.07, 6.45) is 3.80. The molecule has 2 aliphatic rings. The Bertz CT molecular complexity index is 552. The Morgan fingerprint density at radius 3 is 2.54 bits per heavy atom. The Kier molecular flexibility index (Phi) is 5.50. The van der Waals surface area contributed by atoms with Gasteiger partial charge >= 0.3 is 0 Å². The first kappa shape index (κ1) is 17.0. The number of hydrogen-bond acceptors (Lipinski definition) is 6. The second-order valence-electron chi connectivity index (χ2n) is 6.75. The molecule has 3 rings (SSSR count). The fourth-order valence-electron chi connectivity index (χ4n) is 3.30. The highest BCUT2D eigenvalue weighted by molar-refractivity contribution is 5.78. The molecule has 0 aliphatic carbocycles. The molecular formula is C17H27N5O2. The van der Waals surface area contributed by atoms with Gasteiger partial charge in [0.2, 0.25) is 11.8 Å². The molecule has 1 aromatic heterocycles. The van der Waals surface area contributed by atoms with Crippen LogP contribution in [0.15, 0.2) is 12.4 Å². The highest BCUT2D eigenvalue weighted by atomic mass is 16.5. The third kappa shape index (κ3) is 4.14. The van der Waals surface area contributed by atoms with E-state index in [0.29, 0.717) is 12.4 Å². The van der Waals surface area contributed by atoms with Crippen LogP contribution in [0.25, 0.3) is 0 Å². The van der Waals surface area contributed by atoms with Gasteiger partial charge < -0.3 is 14.5 Å². The number of ether oxygens (including phenoxy) is 1. The van der Waals surface area contributed by atoms with Crippen molar-refractivity contribution in [2.75, 3.05) is 57.8 Å². The normalized spacial score (nSPS) is 20.2. The highest BCUT2D eigenvalue weighted by Crippen LogP contribution is 2.18. The van der Waals surface area contributed by atoms with Gasteiger partial charge in [-0.2, -0.15) is 0 Å². The van der Waals surface area contributed by atoms with Crippen molar-refractivity contribution in [3.8, 4) is 5.88 Å². The summed E-state index contributed by atoms with van der Waals surface area (Å²) in [6.45, 7) is 8.12. The molecule has 0 aromatic carbocycles. The van der Waals surface area contributed by atoms with Gasteiger partial charge in [-0.25, -0.2) is 9.97 Å². The lowest BCUT2D eigenvalue weighted by Crippen LogP contribution is -2.51. The van der Waals surface area contributed by atoms with Crippen molar-refractivity contribution in [3.63, 3.8) is 0 Å². The molecule has 1 amide bonds. The SMILES string of the molecule is COc1cc(N2CCN(CC(=O)N3CCC(C)CC3)CC2)ncn1. The van der Waals surface area contributed by atoms with E-state index in [1.807, 2.05) is 11.0 Å². The van der Waals surface area contributed by atoms with E-state index in [2.05, 4.69) is 26.7 Å². The van der Waals surface area contributed by atoms with Crippen molar-refractivity contribution in [3.05, 3.63) is 12.4 Å². The summed E-state index contributed by atoms with van der Waals surface area (Å²) >= 11 is 0. The quantitative estimate of drug-likeness (QED) is 0.815.